The van der Waals surface area contributed by atoms with Crippen molar-refractivity contribution in [2.45, 2.75) is 38.1 Å². The summed E-state index contributed by atoms with van der Waals surface area (Å²) in [6.45, 7) is 0.597. The molecule has 0 aromatic heterocycles. The summed E-state index contributed by atoms with van der Waals surface area (Å²) in [7, 11) is 0. The Bertz CT molecular complexity index is 585. The van der Waals surface area contributed by atoms with Crippen LogP contribution in [0.3, 0.4) is 0 Å². The number of hydrogen-bond acceptors (Lipinski definition) is 3. The van der Waals surface area contributed by atoms with Gasteiger partial charge in [-0.1, -0.05) is 0 Å². The van der Waals surface area contributed by atoms with Crippen LogP contribution in [0.2, 0.25) is 0 Å². The van der Waals surface area contributed by atoms with E-state index in [0.717, 1.165) is 5.56 Å². The zero-order valence-corrected chi connectivity index (χ0v) is 11.7. The van der Waals surface area contributed by atoms with E-state index >= 15 is 0 Å². The van der Waals surface area contributed by atoms with E-state index in [2.05, 4.69) is 16.0 Å². The van der Waals surface area contributed by atoms with Crippen molar-refractivity contribution in [3.05, 3.63) is 23.5 Å². The minimum Gasteiger partial charge on any atom is -0.326 e. The Labute approximate surface area is 122 Å². The molecule has 3 N–H and O–H groups in total. The zero-order valence-electron chi connectivity index (χ0n) is 11.7. The molecule has 1 heterocycles. The minimum absolute atomic E-state index is 0.0833. The predicted molar refractivity (Wildman–Crippen MR) is 77.6 cm³/mol. The highest BCUT2D eigenvalue weighted by molar-refractivity contribution is 5.96. The second kappa shape index (κ2) is 5.81. The first-order valence-electron chi connectivity index (χ1n) is 7.27. The second-order valence-corrected chi connectivity index (χ2v) is 5.56. The summed E-state index contributed by atoms with van der Waals surface area (Å²) in [5, 5.41) is 8.49. The Morgan fingerprint density at radius 2 is 2.14 bits per heavy atom. The van der Waals surface area contributed by atoms with Gasteiger partial charge in [-0.15, -0.1) is 0 Å². The first-order chi connectivity index (χ1) is 10.1. The van der Waals surface area contributed by atoms with Crippen molar-refractivity contribution in [3.63, 3.8) is 0 Å². The van der Waals surface area contributed by atoms with Gasteiger partial charge < -0.3 is 16.0 Å². The largest absolute Gasteiger partial charge is 0.326 e. The molecular weight excluding hydrogens is 273 g/mol. The highest BCUT2D eigenvalue weighted by Crippen LogP contribution is 2.28. The lowest BCUT2D eigenvalue weighted by Gasteiger charge is -2.18. The van der Waals surface area contributed by atoms with Gasteiger partial charge in [-0.05, 0) is 37.0 Å². The molecular formula is C15H18FN3O2. The maximum atomic E-state index is 14.0. The van der Waals surface area contributed by atoms with Crippen LogP contribution in [0.25, 0.3) is 0 Å². The van der Waals surface area contributed by atoms with E-state index in [1.807, 2.05) is 0 Å². The van der Waals surface area contributed by atoms with Gasteiger partial charge in [0.05, 0.1) is 5.69 Å². The van der Waals surface area contributed by atoms with Gasteiger partial charge in [0.15, 0.2) is 0 Å². The monoisotopic (exact) mass is 291 g/mol. The number of benzene rings is 1. The van der Waals surface area contributed by atoms with Crippen molar-refractivity contribution in [2.75, 3.05) is 17.2 Å². The number of fused-ring (bicyclic) bond motifs is 1. The van der Waals surface area contributed by atoms with Crippen LogP contribution in [-0.4, -0.2) is 24.4 Å². The molecule has 6 heteroatoms. The number of rotatable bonds is 5. The van der Waals surface area contributed by atoms with Crippen LogP contribution < -0.4 is 16.0 Å². The fourth-order valence-corrected chi connectivity index (χ4v) is 2.38. The van der Waals surface area contributed by atoms with E-state index in [1.54, 1.807) is 0 Å². The fraction of sp³-hybridized carbons (Fsp3) is 0.467. The lowest BCUT2D eigenvalue weighted by atomic mass is 10.0. The Morgan fingerprint density at radius 3 is 2.90 bits per heavy atom. The minimum atomic E-state index is -0.464. The normalized spacial score (nSPS) is 17.1. The first kappa shape index (κ1) is 14.0. The summed E-state index contributed by atoms with van der Waals surface area (Å²) < 4.78 is 14.0. The maximum absolute atomic E-state index is 14.0. The van der Waals surface area contributed by atoms with Crippen molar-refractivity contribution in [1.82, 2.24) is 5.32 Å². The Morgan fingerprint density at radius 1 is 1.33 bits per heavy atom. The van der Waals surface area contributed by atoms with Crippen LogP contribution >= 0.6 is 0 Å². The third kappa shape index (κ3) is 3.58. The highest BCUT2D eigenvalue weighted by atomic mass is 19.1. The number of nitrogens with one attached hydrogen (secondary N) is 3. The Hall–Kier alpha value is -1.95. The Kier molecular flexibility index (Phi) is 3.88. The number of halogens is 1. The quantitative estimate of drug-likeness (QED) is 0.774. The highest BCUT2D eigenvalue weighted by Gasteiger charge is 2.21. The molecule has 0 saturated heterocycles. The maximum Gasteiger partial charge on any atom is 0.225 e. The van der Waals surface area contributed by atoms with E-state index < -0.39 is 5.82 Å². The van der Waals surface area contributed by atoms with Crippen molar-refractivity contribution in [2.24, 2.45) is 0 Å². The molecule has 2 amide bonds. The number of carbonyl (C=O) groups is 2. The number of hydrogen-bond donors (Lipinski definition) is 3. The Balaban J connectivity index is 1.62. The van der Waals surface area contributed by atoms with E-state index in [1.165, 1.54) is 25.0 Å². The summed E-state index contributed by atoms with van der Waals surface area (Å²) >= 11 is 0. The molecule has 0 spiro atoms. The molecule has 21 heavy (non-hydrogen) atoms. The summed E-state index contributed by atoms with van der Waals surface area (Å²) in [6, 6.07) is 3.43. The van der Waals surface area contributed by atoms with Crippen LogP contribution in [0, 0.1) is 5.82 Å². The number of anilines is 2. The summed E-state index contributed by atoms with van der Waals surface area (Å²) in [4.78, 5) is 23.1. The molecule has 1 aliphatic carbocycles. The van der Waals surface area contributed by atoms with Crippen LogP contribution in [0.15, 0.2) is 12.1 Å². The van der Waals surface area contributed by atoms with E-state index in [9.17, 15) is 14.0 Å². The van der Waals surface area contributed by atoms with Gasteiger partial charge in [-0.2, -0.15) is 0 Å². The van der Waals surface area contributed by atoms with Gasteiger partial charge >= 0.3 is 0 Å². The molecule has 1 aromatic carbocycles. The van der Waals surface area contributed by atoms with Crippen molar-refractivity contribution < 1.29 is 14.0 Å². The van der Waals surface area contributed by atoms with Gasteiger partial charge in [0, 0.05) is 31.1 Å². The molecule has 3 rings (SSSR count). The van der Waals surface area contributed by atoms with E-state index in [0.29, 0.717) is 37.5 Å². The first-order valence-corrected chi connectivity index (χ1v) is 7.27. The molecule has 1 aliphatic heterocycles. The van der Waals surface area contributed by atoms with Crippen molar-refractivity contribution >= 4 is 23.2 Å². The SMILES string of the molecule is O=C(CCNC1CC1)Nc1cc2c(cc1F)CCC(=O)N2. The zero-order chi connectivity index (χ0) is 14.8. The average molecular weight is 291 g/mol. The van der Waals surface area contributed by atoms with Gasteiger partial charge in [0.1, 0.15) is 5.82 Å². The average Bonchev–Trinajstić information content (AvgIpc) is 3.24. The molecule has 1 saturated carbocycles. The number of carbonyl (C=O) groups excluding carboxylic acids is 2. The van der Waals surface area contributed by atoms with Crippen molar-refractivity contribution in [3.8, 4) is 0 Å². The molecule has 0 atom stereocenters. The van der Waals surface area contributed by atoms with Gasteiger partial charge in [0.25, 0.3) is 0 Å². The molecule has 1 fully saturated rings. The van der Waals surface area contributed by atoms with E-state index in [4.69, 9.17) is 0 Å². The molecule has 1 aromatic rings. The summed E-state index contributed by atoms with van der Waals surface area (Å²) in [6.07, 6.45) is 3.53. The molecule has 5 nitrogen and oxygen atoms in total. The number of aryl methyl sites for hydroxylation is 1. The lowest BCUT2D eigenvalue weighted by Crippen LogP contribution is -2.24. The molecule has 0 unspecified atom stereocenters. The number of amides is 2. The van der Waals surface area contributed by atoms with Crippen LogP contribution in [-0.2, 0) is 16.0 Å². The lowest BCUT2D eigenvalue weighted by molar-refractivity contribution is -0.117. The van der Waals surface area contributed by atoms with Gasteiger partial charge in [-0.25, -0.2) is 4.39 Å². The van der Waals surface area contributed by atoms with Gasteiger partial charge in [-0.3, -0.25) is 9.59 Å². The third-order valence-corrected chi connectivity index (χ3v) is 3.72. The molecule has 0 bridgehead atoms. The van der Waals surface area contributed by atoms with Crippen LogP contribution in [0.1, 0.15) is 31.2 Å². The second-order valence-electron chi connectivity index (χ2n) is 5.56. The topological polar surface area (TPSA) is 70.2 Å². The predicted octanol–water partition coefficient (Wildman–Crippen LogP) is 1.79. The smallest absolute Gasteiger partial charge is 0.225 e. The fourth-order valence-electron chi connectivity index (χ4n) is 2.38. The summed E-state index contributed by atoms with van der Waals surface area (Å²) in [5.74, 6) is -0.780. The van der Waals surface area contributed by atoms with Gasteiger partial charge in [0.2, 0.25) is 11.8 Å². The van der Waals surface area contributed by atoms with Crippen LogP contribution in [0.4, 0.5) is 15.8 Å². The van der Waals surface area contributed by atoms with E-state index in [-0.39, 0.29) is 17.5 Å². The summed E-state index contributed by atoms with van der Waals surface area (Å²) in [5.41, 5.74) is 1.46. The molecule has 0 radical (unpaired) electrons. The standard InChI is InChI=1S/C15H18FN3O2/c16-11-7-9-1-4-14(20)18-12(9)8-13(11)19-15(21)5-6-17-10-2-3-10/h7-8,10,17H,1-6H2,(H,18,20)(H,19,21). The molecule has 112 valence electrons. The van der Waals surface area contributed by atoms with Crippen molar-refractivity contribution in [1.29, 1.82) is 0 Å². The van der Waals surface area contributed by atoms with Crippen LogP contribution in [0.5, 0.6) is 0 Å². The third-order valence-electron chi connectivity index (χ3n) is 3.72. The molecule has 2 aliphatic rings.